The minimum Gasteiger partial charge on any atom is -0.494 e. The molecule has 1 aromatic heterocycles. The molecule has 0 atom stereocenters. The number of carbonyl (C=O) groups is 1. The van der Waals surface area contributed by atoms with E-state index >= 15 is 0 Å². The Morgan fingerprint density at radius 3 is 2.43 bits per heavy atom. The van der Waals surface area contributed by atoms with Gasteiger partial charge in [-0.3, -0.25) is 9.36 Å². The molecule has 0 amide bonds. The number of Topliss-reactive ketones (excluding diaryl/α,β-unsaturated/α-hetero) is 1. The molecular weight excluding hydrogens is 352 g/mol. The van der Waals surface area contributed by atoms with Crippen molar-refractivity contribution < 1.29 is 14.6 Å². The third-order valence-electron chi connectivity index (χ3n) is 4.88. The number of fused-ring (bicyclic) bond motifs is 2. The summed E-state index contributed by atoms with van der Waals surface area (Å²) in [5, 5.41) is 11.8. The van der Waals surface area contributed by atoms with Gasteiger partial charge in [-0.05, 0) is 30.3 Å². The summed E-state index contributed by atoms with van der Waals surface area (Å²) in [7, 11) is 0. The van der Waals surface area contributed by atoms with E-state index in [0.717, 1.165) is 10.9 Å². The van der Waals surface area contributed by atoms with Crippen molar-refractivity contribution in [2.45, 2.75) is 6.73 Å². The van der Waals surface area contributed by atoms with Gasteiger partial charge >= 0.3 is 0 Å². The number of hydrogen-bond donors (Lipinski definition) is 1. The van der Waals surface area contributed by atoms with Gasteiger partial charge in [-0.1, -0.05) is 48.5 Å². The predicted octanol–water partition coefficient (Wildman–Crippen LogP) is 4.70. The highest BCUT2D eigenvalue weighted by atomic mass is 16.5. The summed E-state index contributed by atoms with van der Waals surface area (Å²) >= 11 is 0. The molecule has 5 heteroatoms. The molecule has 0 unspecified atom stereocenters. The normalized spacial score (nSPS) is 12.9. The lowest BCUT2D eigenvalue weighted by molar-refractivity contribution is 0.107. The Morgan fingerprint density at radius 1 is 0.893 bits per heavy atom. The smallest absolute Gasteiger partial charge is 0.214 e. The van der Waals surface area contributed by atoms with E-state index in [1.807, 2.05) is 66.7 Å². The van der Waals surface area contributed by atoms with E-state index < -0.39 is 0 Å². The van der Waals surface area contributed by atoms with Crippen LogP contribution in [0.3, 0.4) is 0 Å². The number of ketones is 1. The van der Waals surface area contributed by atoms with Gasteiger partial charge < -0.3 is 9.84 Å². The SMILES string of the molecule is O=C1C(c2c(O)n(COc3ccccc3)c3ccccc23)=Nc2ccccc21. The van der Waals surface area contributed by atoms with Crippen molar-refractivity contribution in [2.75, 3.05) is 0 Å². The van der Waals surface area contributed by atoms with Gasteiger partial charge in [-0.15, -0.1) is 0 Å². The van der Waals surface area contributed by atoms with E-state index in [9.17, 15) is 9.90 Å². The standard InChI is InChI=1S/C23H16N2O3/c26-22-16-10-4-6-12-18(16)24-21(22)20-17-11-5-7-13-19(17)25(23(20)27)14-28-15-8-2-1-3-9-15/h1-13,27H,14H2. The molecular formula is C23H16N2O3. The molecule has 1 N–H and O–H groups in total. The Bertz CT molecular complexity index is 1240. The Hall–Kier alpha value is -3.86. The molecule has 2 heterocycles. The fourth-order valence-corrected chi connectivity index (χ4v) is 3.54. The minimum atomic E-state index is -0.183. The zero-order valence-electron chi connectivity index (χ0n) is 14.9. The zero-order chi connectivity index (χ0) is 19.1. The summed E-state index contributed by atoms with van der Waals surface area (Å²) in [4.78, 5) is 17.4. The fourth-order valence-electron chi connectivity index (χ4n) is 3.54. The predicted molar refractivity (Wildman–Crippen MR) is 108 cm³/mol. The van der Waals surface area contributed by atoms with Gasteiger partial charge in [-0.25, -0.2) is 4.99 Å². The van der Waals surface area contributed by atoms with Gasteiger partial charge in [-0.2, -0.15) is 0 Å². The van der Waals surface area contributed by atoms with E-state index in [4.69, 9.17) is 4.74 Å². The summed E-state index contributed by atoms with van der Waals surface area (Å²) in [6.07, 6.45) is 0. The van der Waals surface area contributed by atoms with E-state index in [1.165, 1.54) is 0 Å². The average molecular weight is 368 g/mol. The number of aromatic nitrogens is 1. The molecule has 0 saturated heterocycles. The lowest BCUT2D eigenvalue weighted by Crippen LogP contribution is -2.11. The minimum absolute atomic E-state index is 0.0305. The first-order chi connectivity index (χ1) is 13.7. The summed E-state index contributed by atoms with van der Waals surface area (Å²) in [6, 6.07) is 24.1. The summed E-state index contributed by atoms with van der Waals surface area (Å²) < 4.78 is 7.47. The van der Waals surface area contributed by atoms with E-state index in [0.29, 0.717) is 22.6 Å². The van der Waals surface area contributed by atoms with Gasteiger partial charge in [0, 0.05) is 10.9 Å². The number of para-hydroxylation sites is 3. The highest BCUT2D eigenvalue weighted by molar-refractivity contribution is 6.56. The van der Waals surface area contributed by atoms with Crippen LogP contribution in [0, 0.1) is 0 Å². The van der Waals surface area contributed by atoms with Gasteiger partial charge in [0.2, 0.25) is 11.7 Å². The van der Waals surface area contributed by atoms with Crippen molar-refractivity contribution in [3.8, 4) is 11.6 Å². The van der Waals surface area contributed by atoms with Crippen LogP contribution in [0.1, 0.15) is 15.9 Å². The number of aliphatic imine (C=N–C) groups is 1. The largest absolute Gasteiger partial charge is 0.494 e. The van der Waals surface area contributed by atoms with Crippen LogP contribution < -0.4 is 4.74 Å². The van der Waals surface area contributed by atoms with Gasteiger partial charge in [0.15, 0.2) is 6.73 Å². The first kappa shape index (κ1) is 16.3. The molecule has 0 spiro atoms. The maximum atomic E-state index is 12.9. The lowest BCUT2D eigenvalue weighted by Gasteiger charge is -2.09. The first-order valence-electron chi connectivity index (χ1n) is 8.95. The molecule has 136 valence electrons. The zero-order valence-corrected chi connectivity index (χ0v) is 14.9. The third-order valence-corrected chi connectivity index (χ3v) is 4.88. The van der Waals surface area contributed by atoms with Gasteiger partial charge in [0.05, 0.1) is 16.8 Å². The maximum absolute atomic E-state index is 12.9. The first-order valence-corrected chi connectivity index (χ1v) is 8.95. The number of benzene rings is 3. The Kier molecular flexibility index (Phi) is 3.72. The van der Waals surface area contributed by atoms with Crippen molar-refractivity contribution in [3.63, 3.8) is 0 Å². The monoisotopic (exact) mass is 368 g/mol. The van der Waals surface area contributed by atoms with Crippen molar-refractivity contribution in [1.82, 2.24) is 4.57 Å². The van der Waals surface area contributed by atoms with Crippen LogP contribution in [-0.2, 0) is 6.73 Å². The maximum Gasteiger partial charge on any atom is 0.214 e. The molecule has 5 rings (SSSR count). The molecule has 0 bridgehead atoms. The molecule has 4 aromatic rings. The number of rotatable bonds is 4. The third kappa shape index (κ3) is 2.48. The number of hydrogen-bond acceptors (Lipinski definition) is 4. The van der Waals surface area contributed by atoms with Crippen LogP contribution in [0.25, 0.3) is 10.9 Å². The van der Waals surface area contributed by atoms with Crippen molar-refractivity contribution in [3.05, 3.63) is 90.0 Å². The van der Waals surface area contributed by atoms with Crippen LogP contribution in [0.5, 0.6) is 11.6 Å². The average Bonchev–Trinajstić information content (AvgIpc) is 3.21. The molecule has 0 radical (unpaired) electrons. The summed E-state index contributed by atoms with van der Waals surface area (Å²) in [5.74, 6) is 0.484. The second-order valence-electron chi connectivity index (χ2n) is 6.54. The molecule has 0 aliphatic carbocycles. The molecule has 1 aliphatic rings. The Labute approximate surface area is 161 Å². The van der Waals surface area contributed by atoms with E-state index in [2.05, 4.69) is 4.99 Å². The number of nitrogens with zero attached hydrogens (tertiary/aromatic N) is 2. The molecule has 0 saturated carbocycles. The van der Waals surface area contributed by atoms with Crippen LogP contribution in [0.15, 0.2) is 83.9 Å². The van der Waals surface area contributed by atoms with Crippen LogP contribution in [0.2, 0.25) is 0 Å². The fraction of sp³-hybridized carbons (Fsp3) is 0.0435. The van der Waals surface area contributed by atoms with Crippen LogP contribution in [-0.4, -0.2) is 21.2 Å². The highest BCUT2D eigenvalue weighted by Gasteiger charge is 2.31. The Morgan fingerprint density at radius 2 is 1.61 bits per heavy atom. The molecule has 3 aromatic carbocycles. The van der Waals surface area contributed by atoms with Gasteiger partial charge in [0.1, 0.15) is 11.5 Å². The van der Waals surface area contributed by atoms with E-state index in [1.54, 1.807) is 16.7 Å². The quantitative estimate of drug-likeness (QED) is 0.568. The van der Waals surface area contributed by atoms with Crippen molar-refractivity contribution >= 4 is 28.1 Å². The number of carbonyl (C=O) groups excluding carboxylic acids is 1. The van der Waals surface area contributed by atoms with Crippen molar-refractivity contribution in [1.29, 1.82) is 0 Å². The molecule has 5 nitrogen and oxygen atoms in total. The van der Waals surface area contributed by atoms with Crippen LogP contribution in [0.4, 0.5) is 5.69 Å². The summed E-state index contributed by atoms with van der Waals surface area (Å²) in [6.45, 7) is 0.116. The lowest BCUT2D eigenvalue weighted by atomic mass is 10.0. The summed E-state index contributed by atoms with van der Waals surface area (Å²) in [5.41, 5.74) is 2.65. The molecule has 1 aliphatic heterocycles. The second kappa shape index (κ2) is 6.39. The van der Waals surface area contributed by atoms with E-state index in [-0.39, 0.29) is 24.1 Å². The van der Waals surface area contributed by atoms with Crippen LogP contribution >= 0.6 is 0 Å². The number of ether oxygens (including phenoxy) is 1. The number of aromatic hydroxyl groups is 1. The van der Waals surface area contributed by atoms with Crippen molar-refractivity contribution in [2.24, 2.45) is 4.99 Å². The van der Waals surface area contributed by atoms with Gasteiger partial charge in [0.25, 0.3) is 0 Å². The second-order valence-corrected chi connectivity index (χ2v) is 6.54. The molecule has 28 heavy (non-hydrogen) atoms. The highest BCUT2D eigenvalue weighted by Crippen LogP contribution is 2.37. The Balaban J connectivity index is 1.61. The molecule has 0 fully saturated rings. The topological polar surface area (TPSA) is 63.8 Å².